The highest BCUT2D eigenvalue weighted by Gasteiger charge is 2.06. The molecule has 66 valence electrons. The number of ketones is 1. The fourth-order valence-electron chi connectivity index (χ4n) is 0.817. The first-order chi connectivity index (χ1) is 5.16. The molecule has 0 saturated heterocycles. The Balaban J connectivity index is 3.22. The summed E-state index contributed by atoms with van der Waals surface area (Å²) in [7, 11) is 0. The highest BCUT2D eigenvalue weighted by molar-refractivity contribution is 5.75. The normalized spacial score (nSPS) is 13.0. The summed E-state index contributed by atoms with van der Waals surface area (Å²) in [6, 6.07) is 0. The lowest BCUT2D eigenvalue weighted by molar-refractivity contribution is -0.117. The molecular weight excluding hydrogens is 147 g/mol. The number of hydrogen-bond donors (Lipinski definition) is 1. The van der Waals surface area contributed by atoms with Gasteiger partial charge in [-0.2, -0.15) is 0 Å². The number of carbonyl (C=O) groups excluding carboxylic acids is 1. The van der Waals surface area contributed by atoms with Crippen molar-refractivity contribution in [2.45, 2.75) is 38.8 Å². The minimum absolute atomic E-state index is 0.0247. The van der Waals surface area contributed by atoms with E-state index in [1.807, 2.05) is 0 Å². The van der Waals surface area contributed by atoms with Gasteiger partial charge in [0.1, 0.15) is 12.0 Å². The predicted molar refractivity (Wildman–Crippen MR) is 41.1 cm³/mol. The molecule has 0 aliphatic heterocycles. The molecule has 0 spiro atoms. The third-order valence-electron chi connectivity index (χ3n) is 1.49. The summed E-state index contributed by atoms with van der Waals surface area (Å²) in [4.78, 5) is 10.4. The van der Waals surface area contributed by atoms with E-state index in [9.17, 15) is 9.18 Å². The van der Waals surface area contributed by atoms with E-state index in [4.69, 9.17) is 5.11 Å². The molecule has 1 N–H and O–H groups in total. The van der Waals surface area contributed by atoms with E-state index < -0.39 is 6.17 Å². The molecule has 0 amide bonds. The summed E-state index contributed by atoms with van der Waals surface area (Å²) >= 11 is 0. The van der Waals surface area contributed by atoms with E-state index in [-0.39, 0.29) is 12.4 Å². The van der Waals surface area contributed by atoms with Gasteiger partial charge in [-0.15, -0.1) is 0 Å². The summed E-state index contributed by atoms with van der Waals surface area (Å²) < 4.78 is 12.7. The zero-order valence-electron chi connectivity index (χ0n) is 6.85. The maximum Gasteiger partial charge on any atom is 0.129 e. The van der Waals surface area contributed by atoms with Crippen LogP contribution in [0.5, 0.6) is 0 Å². The fourth-order valence-corrected chi connectivity index (χ4v) is 0.817. The van der Waals surface area contributed by atoms with Crippen molar-refractivity contribution >= 4 is 5.78 Å². The summed E-state index contributed by atoms with van der Waals surface area (Å²) in [6.07, 6.45) is 0.538. The van der Waals surface area contributed by atoms with Gasteiger partial charge < -0.3 is 9.90 Å². The van der Waals surface area contributed by atoms with Gasteiger partial charge in [0.15, 0.2) is 0 Å². The number of rotatable bonds is 6. The molecule has 2 nitrogen and oxygen atoms in total. The highest BCUT2D eigenvalue weighted by Crippen LogP contribution is 2.08. The fraction of sp³-hybridized carbons (Fsp3) is 0.875. The first-order valence-electron chi connectivity index (χ1n) is 3.91. The van der Waals surface area contributed by atoms with E-state index in [1.165, 1.54) is 6.92 Å². The van der Waals surface area contributed by atoms with Gasteiger partial charge in [-0.25, -0.2) is 4.39 Å². The second kappa shape index (κ2) is 6.28. The van der Waals surface area contributed by atoms with Crippen molar-refractivity contribution in [2.75, 3.05) is 6.61 Å². The molecule has 0 aliphatic rings. The van der Waals surface area contributed by atoms with Gasteiger partial charge >= 0.3 is 0 Å². The Bertz CT molecular complexity index is 115. The topological polar surface area (TPSA) is 37.3 Å². The van der Waals surface area contributed by atoms with Crippen molar-refractivity contribution in [1.82, 2.24) is 0 Å². The number of aliphatic hydroxyl groups excluding tert-OH is 1. The molecule has 0 radical (unpaired) electrons. The number of aliphatic hydroxyl groups is 1. The quantitative estimate of drug-likeness (QED) is 0.642. The van der Waals surface area contributed by atoms with E-state index in [0.717, 1.165) is 0 Å². The van der Waals surface area contributed by atoms with Gasteiger partial charge in [-0.05, 0) is 26.2 Å². The van der Waals surface area contributed by atoms with Crippen molar-refractivity contribution in [3.8, 4) is 0 Å². The molecule has 0 saturated carbocycles. The molecule has 11 heavy (non-hydrogen) atoms. The van der Waals surface area contributed by atoms with E-state index in [1.54, 1.807) is 0 Å². The second-order valence-corrected chi connectivity index (χ2v) is 2.70. The van der Waals surface area contributed by atoms with Crippen LogP contribution in [0.1, 0.15) is 32.6 Å². The maximum atomic E-state index is 12.7. The molecule has 0 aromatic carbocycles. The molecule has 1 atom stereocenters. The Morgan fingerprint density at radius 2 is 2.18 bits per heavy atom. The molecule has 3 heteroatoms. The lowest BCUT2D eigenvalue weighted by Gasteiger charge is -2.04. The Hall–Kier alpha value is -0.440. The van der Waals surface area contributed by atoms with Crippen LogP contribution in [0, 0.1) is 0 Å². The summed E-state index contributed by atoms with van der Waals surface area (Å²) in [5.41, 5.74) is 0. The SMILES string of the molecule is CC(=O)CCC(F)CCCO. The van der Waals surface area contributed by atoms with Gasteiger partial charge in [-0.3, -0.25) is 0 Å². The van der Waals surface area contributed by atoms with Crippen LogP contribution in [0.3, 0.4) is 0 Å². The van der Waals surface area contributed by atoms with Crippen LogP contribution in [0.15, 0.2) is 0 Å². The highest BCUT2D eigenvalue weighted by atomic mass is 19.1. The van der Waals surface area contributed by atoms with Crippen LogP contribution in [-0.4, -0.2) is 23.7 Å². The van der Waals surface area contributed by atoms with Crippen molar-refractivity contribution in [1.29, 1.82) is 0 Å². The minimum Gasteiger partial charge on any atom is -0.396 e. The average Bonchev–Trinajstić information content (AvgIpc) is 1.97. The number of hydrogen-bond acceptors (Lipinski definition) is 2. The lowest BCUT2D eigenvalue weighted by atomic mass is 10.1. The molecular formula is C8H15FO2. The summed E-state index contributed by atoms with van der Waals surface area (Å²) in [6.45, 7) is 1.49. The second-order valence-electron chi connectivity index (χ2n) is 2.70. The molecule has 0 heterocycles. The zero-order chi connectivity index (χ0) is 8.69. The molecule has 0 aromatic rings. The molecule has 0 aliphatic carbocycles. The van der Waals surface area contributed by atoms with Crippen LogP contribution < -0.4 is 0 Å². The Morgan fingerprint density at radius 3 is 2.64 bits per heavy atom. The third kappa shape index (κ3) is 7.46. The van der Waals surface area contributed by atoms with Gasteiger partial charge in [0, 0.05) is 13.0 Å². The molecule has 0 rings (SSSR count). The average molecular weight is 162 g/mol. The van der Waals surface area contributed by atoms with Gasteiger partial charge in [0.25, 0.3) is 0 Å². The largest absolute Gasteiger partial charge is 0.396 e. The molecule has 0 fully saturated rings. The first-order valence-corrected chi connectivity index (χ1v) is 3.91. The van der Waals surface area contributed by atoms with E-state index >= 15 is 0 Å². The number of alkyl halides is 1. The predicted octanol–water partition coefficient (Wildman–Crippen LogP) is 1.47. The van der Waals surface area contributed by atoms with Crippen LogP contribution >= 0.6 is 0 Å². The van der Waals surface area contributed by atoms with E-state index in [0.29, 0.717) is 25.7 Å². The van der Waals surface area contributed by atoms with Crippen LogP contribution in [0.4, 0.5) is 4.39 Å². The Labute approximate surface area is 66.4 Å². The van der Waals surface area contributed by atoms with Gasteiger partial charge in [-0.1, -0.05) is 0 Å². The lowest BCUT2D eigenvalue weighted by Crippen LogP contribution is -2.03. The number of carbonyl (C=O) groups is 1. The van der Waals surface area contributed by atoms with Gasteiger partial charge in [0.05, 0.1) is 0 Å². The van der Waals surface area contributed by atoms with Crippen molar-refractivity contribution < 1.29 is 14.3 Å². The molecule has 0 bridgehead atoms. The monoisotopic (exact) mass is 162 g/mol. The third-order valence-corrected chi connectivity index (χ3v) is 1.49. The van der Waals surface area contributed by atoms with Crippen molar-refractivity contribution in [3.05, 3.63) is 0 Å². The van der Waals surface area contributed by atoms with Gasteiger partial charge in [0.2, 0.25) is 0 Å². The Kier molecular flexibility index (Phi) is 6.03. The van der Waals surface area contributed by atoms with E-state index in [2.05, 4.69) is 0 Å². The smallest absolute Gasteiger partial charge is 0.129 e. The summed E-state index contributed by atoms with van der Waals surface area (Å²) in [5, 5.41) is 8.36. The van der Waals surface area contributed by atoms with Crippen molar-refractivity contribution in [3.63, 3.8) is 0 Å². The van der Waals surface area contributed by atoms with Crippen LogP contribution in [0.2, 0.25) is 0 Å². The molecule has 0 aromatic heterocycles. The summed E-state index contributed by atoms with van der Waals surface area (Å²) in [5.74, 6) is 0.0247. The minimum atomic E-state index is -0.925. The molecule has 1 unspecified atom stereocenters. The van der Waals surface area contributed by atoms with Crippen molar-refractivity contribution in [2.24, 2.45) is 0 Å². The number of halogens is 1. The standard InChI is InChI=1S/C8H15FO2/c1-7(11)4-5-8(9)3-2-6-10/h8,10H,2-6H2,1H3. The zero-order valence-corrected chi connectivity index (χ0v) is 6.85. The van der Waals surface area contributed by atoms with Crippen LogP contribution in [-0.2, 0) is 4.79 Å². The maximum absolute atomic E-state index is 12.7. The number of Topliss-reactive ketones (excluding diaryl/α,β-unsaturated/α-hetero) is 1. The first kappa shape index (κ1) is 10.6. The Morgan fingerprint density at radius 1 is 1.55 bits per heavy atom. The van der Waals surface area contributed by atoms with Crippen LogP contribution in [0.25, 0.3) is 0 Å².